The molecular weight excluding hydrogens is 389 g/mol. The van der Waals surface area contributed by atoms with Gasteiger partial charge in [-0.25, -0.2) is 4.39 Å². The highest BCUT2D eigenvalue weighted by Crippen LogP contribution is 2.22. The Morgan fingerprint density at radius 2 is 1.83 bits per heavy atom. The summed E-state index contributed by atoms with van der Waals surface area (Å²) in [5, 5.41) is 1.93. The molecule has 7 heteroatoms. The number of hydrogen-bond acceptors (Lipinski definition) is 4. The third-order valence-electron chi connectivity index (χ3n) is 5.95. The lowest BCUT2D eigenvalue weighted by atomic mass is 10.1. The molecule has 0 aliphatic carbocycles. The molecule has 2 aliphatic rings. The highest BCUT2D eigenvalue weighted by atomic mass is 32.1. The molecule has 2 aromatic rings. The van der Waals surface area contributed by atoms with Crippen LogP contribution < -0.4 is 0 Å². The van der Waals surface area contributed by atoms with Crippen molar-refractivity contribution in [2.24, 2.45) is 0 Å². The van der Waals surface area contributed by atoms with Gasteiger partial charge in [-0.2, -0.15) is 0 Å². The summed E-state index contributed by atoms with van der Waals surface area (Å²) in [6.07, 6.45) is 2.21. The first-order valence-electron chi connectivity index (χ1n) is 10.2. The summed E-state index contributed by atoms with van der Waals surface area (Å²) in [4.78, 5) is 32.0. The van der Waals surface area contributed by atoms with Gasteiger partial charge in [-0.1, -0.05) is 24.3 Å². The zero-order valence-electron chi connectivity index (χ0n) is 16.4. The highest BCUT2D eigenvalue weighted by molar-refractivity contribution is 7.12. The smallest absolute Gasteiger partial charge is 0.264 e. The minimum atomic E-state index is -0.257. The Morgan fingerprint density at radius 3 is 2.55 bits per heavy atom. The summed E-state index contributed by atoms with van der Waals surface area (Å²) in [6.45, 7) is 4.10. The average Bonchev–Trinajstić information content (AvgIpc) is 3.22. The van der Waals surface area contributed by atoms with E-state index in [4.69, 9.17) is 0 Å². The van der Waals surface area contributed by atoms with Crippen LogP contribution in [-0.4, -0.2) is 65.3 Å². The topological polar surface area (TPSA) is 43.9 Å². The number of piperazine rings is 1. The Bertz CT molecular complexity index is 850. The van der Waals surface area contributed by atoms with Gasteiger partial charge in [0.05, 0.1) is 4.88 Å². The fraction of sp³-hybridized carbons (Fsp3) is 0.455. The van der Waals surface area contributed by atoms with Gasteiger partial charge < -0.3 is 9.80 Å². The van der Waals surface area contributed by atoms with Gasteiger partial charge in [0, 0.05) is 57.3 Å². The number of halogens is 1. The number of thiophene rings is 1. The summed E-state index contributed by atoms with van der Waals surface area (Å²) in [5.41, 5.74) is 0.569. The first-order valence-corrected chi connectivity index (χ1v) is 11.1. The third-order valence-corrected chi connectivity index (χ3v) is 6.80. The van der Waals surface area contributed by atoms with Crippen molar-refractivity contribution in [1.82, 2.24) is 14.7 Å². The number of likely N-dealkylation sites (tertiary alicyclic amines) is 1. The van der Waals surface area contributed by atoms with Crippen LogP contribution in [-0.2, 0) is 11.3 Å². The van der Waals surface area contributed by atoms with Gasteiger partial charge in [0.1, 0.15) is 5.82 Å². The first kappa shape index (κ1) is 20.0. The number of rotatable bonds is 4. The predicted molar refractivity (Wildman–Crippen MR) is 111 cm³/mol. The molecule has 1 unspecified atom stereocenters. The van der Waals surface area contributed by atoms with E-state index in [9.17, 15) is 14.0 Å². The van der Waals surface area contributed by atoms with E-state index < -0.39 is 0 Å². The van der Waals surface area contributed by atoms with Crippen LogP contribution in [0.2, 0.25) is 0 Å². The summed E-state index contributed by atoms with van der Waals surface area (Å²) < 4.78 is 14.0. The number of benzene rings is 1. The van der Waals surface area contributed by atoms with Crippen LogP contribution >= 0.6 is 11.3 Å². The Labute approximate surface area is 174 Å². The van der Waals surface area contributed by atoms with Crippen molar-refractivity contribution in [3.8, 4) is 0 Å². The Morgan fingerprint density at radius 1 is 1.03 bits per heavy atom. The van der Waals surface area contributed by atoms with Crippen LogP contribution in [0.3, 0.4) is 0 Å². The lowest BCUT2D eigenvalue weighted by Gasteiger charge is -2.39. The number of carbonyl (C=O) groups is 2. The average molecular weight is 416 g/mol. The van der Waals surface area contributed by atoms with Crippen LogP contribution in [0.5, 0.6) is 0 Å². The predicted octanol–water partition coefficient (Wildman–Crippen LogP) is 3.23. The van der Waals surface area contributed by atoms with Crippen molar-refractivity contribution < 1.29 is 14.0 Å². The summed E-state index contributed by atoms with van der Waals surface area (Å²) in [5.74, 6) is -0.0401. The van der Waals surface area contributed by atoms with Crippen LogP contribution in [0, 0.1) is 5.82 Å². The van der Waals surface area contributed by atoms with Gasteiger partial charge in [0.15, 0.2) is 0 Å². The molecule has 1 atom stereocenters. The fourth-order valence-electron chi connectivity index (χ4n) is 4.23. The molecule has 2 fully saturated rings. The molecule has 2 aliphatic heterocycles. The van der Waals surface area contributed by atoms with Gasteiger partial charge in [-0.15, -0.1) is 11.3 Å². The zero-order chi connectivity index (χ0) is 20.2. The fourth-order valence-corrected chi connectivity index (χ4v) is 4.92. The SMILES string of the molecule is O=C1CCC(N2CCN(C(=O)c3cccs3)CC2)CCN1Cc1ccccc1F. The van der Waals surface area contributed by atoms with Gasteiger partial charge in [0.2, 0.25) is 5.91 Å². The normalized spacial score (nSPS) is 21.3. The van der Waals surface area contributed by atoms with Crippen molar-refractivity contribution in [3.05, 3.63) is 58.0 Å². The maximum absolute atomic E-state index is 14.0. The molecule has 1 aromatic heterocycles. The Hall–Kier alpha value is -2.25. The Kier molecular flexibility index (Phi) is 6.25. The van der Waals surface area contributed by atoms with Crippen LogP contribution in [0.15, 0.2) is 41.8 Å². The van der Waals surface area contributed by atoms with E-state index in [0.29, 0.717) is 31.1 Å². The molecule has 3 heterocycles. The van der Waals surface area contributed by atoms with Gasteiger partial charge in [0.25, 0.3) is 5.91 Å². The van der Waals surface area contributed by atoms with Crippen molar-refractivity contribution in [1.29, 1.82) is 0 Å². The molecule has 2 amide bonds. The molecule has 0 spiro atoms. The largest absolute Gasteiger partial charge is 0.338 e. The molecule has 5 nitrogen and oxygen atoms in total. The molecule has 0 radical (unpaired) electrons. The van der Waals surface area contributed by atoms with Crippen LogP contribution in [0.25, 0.3) is 0 Å². The van der Waals surface area contributed by atoms with E-state index in [2.05, 4.69) is 4.90 Å². The second kappa shape index (κ2) is 9.05. The summed E-state index contributed by atoms with van der Waals surface area (Å²) >= 11 is 1.48. The maximum Gasteiger partial charge on any atom is 0.264 e. The second-order valence-corrected chi connectivity index (χ2v) is 8.64. The second-order valence-electron chi connectivity index (χ2n) is 7.69. The molecule has 29 heavy (non-hydrogen) atoms. The monoisotopic (exact) mass is 415 g/mol. The van der Waals surface area contributed by atoms with Crippen LogP contribution in [0.4, 0.5) is 4.39 Å². The number of hydrogen-bond donors (Lipinski definition) is 0. The van der Waals surface area contributed by atoms with Gasteiger partial charge >= 0.3 is 0 Å². The highest BCUT2D eigenvalue weighted by Gasteiger charge is 2.30. The lowest BCUT2D eigenvalue weighted by molar-refractivity contribution is -0.131. The van der Waals surface area contributed by atoms with Gasteiger partial charge in [-0.3, -0.25) is 14.5 Å². The van der Waals surface area contributed by atoms with E-state index in [0.717, 1.165) is 43.9 Å². The Balaban J connectivity index is 1.31. The van der Waals surface area contributed by atoms with E-state index in [1.165, 1.54) is 17.4 Å². The van der Waals surface area contributed by atoms with E-state index in [-0.39, 0.29) is 17.6 Å². The molecular formula is C22H26FN3O2S. The molecule has 1 aromatic carbocycles. The molecule has 4 rings (SSSR count). The van der Waals surface area contributed by atoms with Crippen molar-refractivity contribution in [2.45, 2.75) is 31.8 Å². The summed E-state index contributed by atoms with van der Waals surface area (Å²) in [6, 6.07) is 10.8. The quantitative estimate of drug-likeness (QED) is 0.770. The van der Waals surface area contributed by atoms with Crippen molar-refractivity contribution in [2.75, 3.05) is 32.7 Å². The van der Waals surface area contributed by atoms with Crippen molar-refractivity contribution >= 4 is 23.2 Å². The zero-order valence-corrected chi connectivity index (χ0v) is 17.2. The molecule has 0 N–H and O–H groups in total. The molecule has 154 valence electrons. The van der Waals surface area contributed by atoms with Crippen LogP contribution in [0.1, 0.15) is 34.5 Å². The standard InChI is InChI=1S/C22H26FN3O2S/c23-19-5-2-1-4-17(19)16-26-10-9-18(7-8-21(26)27)24-11-13-25(14-12-24)22(28)20-6-3-15-29-20/h1-6,15,18H,7-14,16H2. The minimum absolute atomic E-state index is 0.0993. The van der Waals surface area contributed by atoms with E-state index >= 15 is 0 Å². The molecule has 0 saturated carbocycles. The lowest BCUT2D eigenvalue weighted by Crippen LogP contribution is -2.52. The van der Waals surface area contributed by atoms with E-state index in [1.54, 1.807) is 23.1 Å². The minimum Gasteiger partial charge on any atom is -0.338 e. The molecule has 2 saturated heterocycles. The van der Waals surface area contributed by atoms with Gasteiger partial charge in [-0.05, 0) is 30.4 Å². The number of nitrogens with zero attached hydrogens (tertiary/aromatic N) is 3. The van der Waals surface area contributed by atoms with E-state index in [1.807, 2.05) is 22.4 Å². The summed E-state index contributed by atoms with van der Waals surface area (Å²) in [7, 11) is 0. The number of carbonyl (C=O) groups excluding carboxylic acids is 2. The molecule has 0 bridgehead atoms. The maximum atomic E-state index is 14.0. The number of amides is 2. The third kappa shape index (κ3) is 4.67. The van der Waals surface area contributed by atoms with Crippen molar-refractivity contribution in [3.63, 3.8) is 0 Å². The first-order chi connectivity index (χ1) is 14.1.